The summed E-state index contributed by atoms with van der Waals surface area (Å²) in [5.41, 5.74) is 2.21. The molecule has 0 spiro atoms. The summed E-state index contributed by atoms with van der Waals surface area (Å²) in [6, 6.07) is 9.94. The maximum atomic E-state index is 8.44. The number of nitriles is 1. The van der Waals surface area contributed by atoms with Crippen molar-refractivity contribution in [2.75, 3.05) is 26.4 Å². The van der Waals surface area contributed by atoms with E-state index in [1.165, 1.54) is 5.56 Å². The summed E-state index contributed by atoms with van der Waals surface area (Å²) in [4.78, 5) is 0. The van der Waals surface area contributed by atoms with E-state index in [0.717, 1.165) is 12.1 Å². The fourth-order valence-electron chi connectivity index (χ4n) is 1.68. The molecular weight excluding hydrogens is 252 g/mol. The lowest BCUT2D eigenvalue weighted by Crippen LogP contribution is -2.23. The van der Waals surface area contributed by atoms with Crippen molar-refractivity contribution in [2.24, 2.45) is 0 Å². The van der Waals surface area contributed by atoms with Gasteiger partial charge in [0.05, 0.1) is 13.2 Å². The SMILES string of the molecule is C=C(C)COCCNC(C)c1ccc(OCC#N)cc1. The second-order valence-corrected chi connectivity index (χ2v) is 4.70. The third kappa shape index (κ3) is 6.37. The molecule has 20 heavy (non-hydrogen) atoms. The average Bonchev–Trinajstić information content (AvgIpc) is 2.44. The summed E-state index contributed by atoms with van der Waals surface area (Å²) in [5.74, 6) is 0.715. The first-order chi connectivity index (χ1) is 9.63. The Balaban J connectivity index is 2.30. The molecule has 1 unspecified atom stereocenters. The van der Waals surface area contributed by atoms with Crippen LogP contribution in [0.5, 0.6) is 5.75 Å². The van der Waals surface area contributed by atoms with Gasteiger partial charge in [0, 0.05) is 12.6 Å². The van der Waals surface area contributed by atoms with Crippen LogP contribution in [0.15, 0.2) is 36.4 Å². The second-order valence-electron chi connectivity index (χ2n) is 4.70. The van der Waals surface area contributed by atoms with E-state index >= 15 is 0 Å². The first kappa shape index (κ1) is 16.2. The van der Waals surface area contributed by atoms with Gasteiger partial charge in [0.2, 0.25) is 0 Å². The Labute approximate surface area is 121 Å². The van der Waals surface area contributed by atoms with E-state index in [1.54, 1.807) is 0 Å². The van der Waals surface area contributed by atoms with Crippen molar-refractivity contribution < 1.29 is 9.47 Å². The molecule has 108 valence electrons. The highest BCUT2D eigenvalue weighted by atomic mass is 16.5. The van der Waals surface area contributed by atoms with Crippen LogP contribution in [0.25, 0.3) is 0 Å². The number of benzene rings is 1. The third-order valence-corrected chi connectivity index (χ3v) is 2.73. The van der Waals surface area contributed by atoms with Crippen LogP contribution in [0.1, 0.15) is 25.5 Å². The number of hydrogen-bond donors (Lipinski definition) is 1. The van der Waals surface area contributed by atoms with Gasteiger partial charge in [-0.25, -0.2) is 0 Å². The fourth-order valence-corrected chi connectivity index (χ4v) is 1.68. The first-order valence-corrected chi connectivity index (χ1v) is 6.68. The van der Waals surface area contributed by atoms with Crippen LogP contribution in [0, 0.1) is 11.3 Å². The molecule has 0 aromatic heterocycles. The smallest absolute Gasteiger partial charge is 0.174 e. The Morgan fingerprint density at radius 1 is 1.40 bits per heavy atom. The van der Waals surface area contributed by atoms with Crippen LogP contribution in [0.4, 0.5) is 0 Å². The maximum absolute atomic E-state index is 8.44. The molecule has 4 heteroatoms. The lowest BCUT2D eigenvalue weighted by atomic mass is 10.1. The molecule has 0 heterocycles. The van der Waals surface area contributed by atoms with Gasteiger partial charge in [-0.3, -0.25) is 0 Å². The molecule has 1 aromatic carbocycles. The van der Waals surface area contributed by atoms with Crippen LogP contribution in [-0.4, -0.2) is 26.4 Å². The minimum Gasteiger partial charge on any atom is -0.479 e. The second kappa shape index (κ2) is 9.13. The van der Waals surface area contributed by atoms with Crippen molar-refractivity contribution in [3.63, 3.8) is 0 Å². The number of rotatable bonds is 9. The van der Waals surface area contributed by atoms with Gasteiger partial charge < -0.3 is 14.8 Å². The molecule has 0 fully saturated rings. The van der Waals surface area contributed by atoms with Gasteiger partial charge in [-0.1, -0.05) is 24.3 Å². The highest BCUT2D eigenvalue weighted by molar-refractivity contribution is 5.29. The zero-order chi connectivity index (χ0) is 14.8. The number of nitrogens with zero attached hydrogens (tertiary/aromatic N) is 1. The summed E-state index contributed by atoms with van der Waals surface area (Å²) < 4.78 is 10.6. The van der Waals surface area contributed by atoms with E-state index in [0.29, 0.717) is 19.0 Å². The fraction of sp³-hybridized carbons (Fsp3) is 0.438. The van der Waals surface area contributed by atoms with Crippen LogP contribution >= 0.6 is 0 Å². The zero-order valence-electron chi connectivity index (χ0n) is 12.2. The standard InChI is InChI=1S/C16H22N2O2/c1-13(2)12-19-11-9-18-14(3)15-4-6-16(7-5-15)20-10-8-17/h4-7,14,18H,1,9-12H2,2-3H3. The third-order valence-electron chi connectivity index (χ3n) is 2.73. The van der Waals surface area contributed by atoms with Crippen molar-refractivity contribution in [1.29, 1.82) is 5.26 Å². The van der Waals surface area contributed by atoms with E-state index in [2.05, 4.69) is 18.8 Å². The minimum absolute atomic E-state index is 0.0766. The maximum Gasteiger partial charge on any atom is 0.174 e. The number of ether oxygens (including phenoxy) is 2. The van der Waals surface area contributed by atoms with Crippen molar-refractivity contribution in [3.05, 3.63) is 42.0 Å². The van der Waals surface area contributed by atoms with E-state index in [-0.39, 0.29) is 12.6 Å². The lowest BCUT2D eigenvalue weighted by molar-refractivity contribution is 0.156. The molecular formula is C16H22N2O2. The van der Waals surface area contributed by atoms with Gasteiger partial charge in [-0.05, 0) is 31.5 Å². The molecule has 1 N–H and O–H groups in total. The van der Waals surface area contributed by atoms with Crippen LogP contribution in [-0.2, 0) is 4.74 Å². The molecule has 0 saturated carbocycles. The summed E-state index contributed by atoms with van der Waals surface area (Å²) in [7, 11) is 0. The largest absolute Gasteiger partial charge is 0.479 e. The summed E-state index contributed by atoms with van der Waals surface area (Å²) >= 11 is 0. The summed E-state index contributed by atoms with van der Waals surface area (Å²) in [6.07, 6.45) is 0. The quantitative estimate of drug-likeness (QED) is 0.556. The molecule has 0 saturated heterocycles. The Hall–Kier alpha value is -1.83. The Morgan fingerprint density at radius 2 is 2.10 bits per heavy atom. The highest BCUT2D eigenvalue weighted by Gasteiger charge is 2.04. The van der Waals surface area contributed by atoms with Crippen molar-refractivity contribution in [3.8, 4) is 11.8 Å². The molecule has 0 aliphatic rings. The van der Waals surface area contributed by atoms with Gasteiger partial charge >= 0.3 is 0 Å². The molecule has 4 nitrogen and oxygen atoms in total. The monoisotopic (exact) mass is 274 g/mol. The van der Waals surface area contributed by atoms with Crippen molar-refractivity contribution >= 4 is 0 Å². The normalized spacial score (nSPS) is 11.7. The van der Waals surface area contributed by atoms with Crippen LogP contribution in [0.3, 0.4) is 0 Å². The van der Waals surface area contributed by atoms with Gasteiger partial charge in [0.15, 0.2) is 6.61 Å². The van der Waals surface area contributed by atoms with Crippen LogP contribution < -0.4 is 10.1 Å². The topological polar surface area (TPSA) is 54.3 Å². The van der Waals surface area contributed by atoms with E-state index in [4.69, 9.17) is 14.7 Å². The Morgan fingerprint density at radius 3 is 2.70 bits per heavy atom. The van der Waals surface area contributed by atoms with E-state index < -0.39 is 0 Å². The Kier molecular flexibility index (Phi) is 7.41. The summed E-state index contributed by atoms with van der Waals surface area (Å²) in [6.45, 7) is 9.99. The molecule has 0 amide bonds. The predicted octanol–water partition coefficient (Wildman–Crippen LogP) is 2.83. The minimum atomic E-state index is 0.0766. The van der Waals surface area contributed by atoms with E-state index in [1.807, 2.05) is 37.3 Å². The number of nitrogens with one attached hydrogen (secondary N) is 1. The first-order valence-electron chi connectivity index (χ1n) is 6.68. The highest BCUT2D eigenvalue weighted by Crippen LogP contribution is 2.17. The van der Waals surface area contributed by atoms with Gasteiger partial charge in [0.25, 0.3) is 0 Å². The van der Waals surface area contributed by atoms with Crippen molar-refractivity contribution in [1.82, 2.24) is 5.32 Å². The summed E-state index contributed by atoms with van der Waals surface area (Å²) in [5, 5.41) is 11.8. The molecule has 1 aromatic rings. The predicted molar refractivity (Wildman–Crippen MR) is 79.6 cm³/mol. The molecule has 0 aliphatic heterocycles. The molecule has 1 atom stereocenters. The molecule has 1 rings (SSSR count). The van der Waals surface area contributed by atoms with Gasteiger partial charge in [-0.15, -0.1) is 0 Å². The van der Waals surface area contributed by atoms with Crippen molar-refractivity contribution in [2.45, 2.75) is 19.9 Å². The molecule has 0 aliphatic carbocycles. The molecule has 0 radical (unpaired) electrons. The molecule has 0 bridgehead atoms. The van der Waals surface area contributed by atoms with Crippen LogP contribution in [0.2, 0.25) is 0 Å². The zero-order valence-corrected chi connectivity index (χ0v) is 12.2. The lowest BCUT2D eigenvalue weighted by Gasteiger charge is -2.15. The average molecular weight is 274 g/mol. The van der Waals surface area contributed by atoms with Gasteiger partial charge in [0.1, 0.15) is 11.8 Å². The number of hydrogen-bond acceptors (Lipinski definition) is 4. The van der Waals surface area contributed by atoms with E-state index in [9.17, 15) is 0 Å². The van der Waals surface area contributed by atoms with Gasteiger partial charge in [-0.2, -0.15) is 5.26 Å². The Bertz CT molecular complexity index is 449.